The first-order valence-electron chi connectivity index (χ1n) is 6.79. The van der Waals surface area contributed by atoms with Gasteiger partial charge < -0.3 is 5.32 Å². The zero-order chi connectivity index (χ0) is 15.1. The molecular weight excluding hydrogens is 285 g/mol. The number of hydrogen-bond acceptors (Lipinski definition) is 2. The molecule has 0 saturated carbocycles. The molecule has 0 heterocycles. The molecule has 2 rings (SSSR count). The Labute approximate surface area is 128 Å². The summed E-state index contributed by atoms with van der Waals surface area (Å²) in [6, 6.07) is 14.6. The number of hydrogen-bond donors (Lipinski definition) is 1. The van der Waals surface area contributed by atoms with Crippen LogP contribution in [-0.2, 0) is 17.1 Å². The number of rotatable bonds is 6. The molecule has 0 unspecified atom stereocenters. The van der Waals surface area contributed by atoms with Crippen LogP contribution in [0.4, 0.5) is 4.39 Å². The third-order valence-electron chi connectivity index (χ3n) is 3.19. The van der Waals surface area contributed by atoms with Crippen molar-refractivity contribution in [1.29, 1.82) is 0 Å². The Morgan fingerprint density at radius 3 is 2.48 bits per heavy atom. The van der Waals surface area contributed by atoms with Crippen LogP contribution in [0.1, 0.15) is 16.7 Å². The third kappa shape index (κ3) is 4.90. The Kier molecular flexibility index (Phi) is 5.81. The first kappa shape index (κ1) is 15.6. The molecule has 2 aromatic rings. The number of nitrogens with one attached hydrogen (secondary N) is 1. The van der Waals surface area contributed by atoms with Crippen molar-refractivity contribution < 1.29 is 9.18 Å². The maximum Gasteiger partial charge on any atom is 0.230 e. The SMILES string of the molecule is Cc1ccccc1CNC(=O)CSCc1ccccc1F. The molecule has 2 aromatic carbocycles. The minimum atomic E-state index is -0.217. The van der Waals surface area contributed by atoms with Crippen LogP contribution in [0.3, 0.4) is 0 Å². The van der Waals surface area contributed by atoms with Crippen molar-refractivity contribution in [3.8, 4) is 0 Å². The van der Waals surface area contributed by atoms with E-state index in [1.165, 1.54) is 17.8 Å². The number of aryl methyl sites for hydroxylation is 1. The Morgan fingerprint density at radius 1 is 1.10 bits per heavy atom. The molecule has 110 valence electrons. The quantitative estimate of drug-likeness (QED) is 0.882. The summed E-state index contributed by atoms with van der Waals surface area (Å²) in [5.74, 6) is 0.593. The molecule has 0 saturated heterocycles. The fourth-order valence-corrected chi connectivity index (χ4v) is 2.77. The lowest BCUT2D eigenvalue weighted by molar-refractivity contribution is -0.118. The highest BCUT2D eigenvalue weighted by atomic mass is 32.2. The van der Waals surface area contributed by atoms with Crippen molar-refractivity contribution in [2.24, 2.45) is 0 Å². The molecule has 1 N–H and O–H groups in total. The lowest BCUT2D eigenvalue weighted by Crippen LogP contribution is -2.25. The molecule has 0 aromatic heterocycles. The molecule has 0 radical (unpaired) electrons. The van der Waals surface area contributed by atoms with Gasteiger partial charge in [0.1, 0.15) is 5.82 Å². The van der Waals surface area contributed by atoms with Crippen LogP contribution in [0, 0.1) is 12.7 Å². The van der Waals surface area contributed by atoms with E-state index in [1.54, 1.807) is 18.2 Å². The second-order valence-electron chi connectivity index (χ2n) is 4.79. The van der Waals surface area contributed by atoms with E-state index < -0.39 is 0 Å². The van der Waals surface area contributed by atoms with Gasteiger partial charge in [0.05, 0.1) is 5.75 Å². The monoisotopic (exact) mass is 303 g/mol. The van der Waals surface area contributed by atoms with Crippen molar-refractivity contribution in [2.75, 3.05) is 5.75 Å². The molecule has 4 heteroatoms. The number of carbonyl (C=O) groups is 1. The maximum atomic E-state index is 13.4. The molecule has 0 aliphatic rings. The van der Waals surface area contributed by atoms with E-state index in [9.17, 15) is 9.18 Å². The van der Waals surface area contributed by atoms with E-state index in [2.05, 4.69) is 5.32 Å². The standard InChI is InChI=1S/C17H18FNOS/c1-13-6-2-3-7-14(13)10-19-17(20)12-21-11-15-8-4-5-9-16(15)18/h2-9H,10-12H2,1H3,(H,19,20). The van der Waals surface area contributed by atoms with Crippen LogP contribution < -0.4 is 5.32 Å². The number of carbonyl (C=O) groups excluding carboxylic acids is 1. The minimum absolute atomic E-state index is 0.0282. The van der Waals surface area contributed by atoms with Gasteiger partial charge in [-0.15, -0.1) is 11.8 Å². The van der Waals surface area contributed by atoms with Crippen molar-refractivity contribution in [1.82, 2.24) is 5.32 Å². The second kappa shape index (κ2) is 7.84. The van der Waals surface area contributed by atoms with Crippen LogP contribution in [0.2, 0.25) is 0 Å². The Bertz CT molecular complexity index is 615. The highest BCUT2D eigenvalue weighted by Gasteiger charge is 2.05. The van der Waals surface area contributed by atoms with Gasteiger partial charge in [0.15, 0.2) is 0 Å². The van der Waals surface area contributed by atoms with Gasteiger partial charge >= 0.3 is 0 Å². The average molecular weight is 303 g/mol. The van der Waals surface area contributed by atoms with E-state index in [0.717, 1.165) is 11.1 Å². The van der Waals surface area contributed by atoms with E-state index in [1.807, 2.05) is 31.2 Å². The first-order chi connectivity index (χ1) is 10.2. The first-order valence-corrected chi connectivity index (χ1v) is 7.94. The van der Waals surface area contributed by atoms with E-state index in [0.29, 0.717) is 23.6 Å². The second-order valence-corrected chi connectivity index (χ2v) is 5.77. The van der Waals surface area contributed by atoms with Gasteiger partial charge in [0.25, 0.3) is 0 Å². The predicted octanol–water partition coefficient (Wildman–Crippen LogP) is 3.68. The lowest BCUT2D eigenvalue weighted by atomic mass is 10.1. The maximum absolute atomic E-state index is 13.4. The summed E-state index contributed by atoms with van der Waals surface area (Å²) in [4.78, 5) is 11.8. The molecule has 0 fully saturated rings. The number of benzene rings is 2. The third-order valence-corrected chi connectivity index (χ3v) is 4.17. The van der Waals surface area contributed by atoms with Gasteiger partial charge in [-0.25, -0.2) is 4.39 Å². The normalized spacial score (nSPS) is 10.4. The Hall–Kier alpha value is -1.81. The number of amides is 1. The smallest absolute Gasteiger partial charge is 0.230 e. The lowest BCUT2D eigenvalue weighted by Gasteiger charge is -2.08. The molecule has 0 bridgehead atoms. The van der Waals surface area contributed by atoms with Crippen molar-refractivity contribution in [2.45, 2.75) is 19.2 Å². The molecule has 2 nitrogen and oxygen atoms in total. The molecule has 0 aliphatic heterocycles. The fraction of sp³-hybridized carbons (Fsp3) is 0.235. The number of halogens is 1. The van der Waals surface area contributed by atoms with Crippen molar-refractivity contribution >= 4 is 17.7 Å². The highest BCUT2D eigenvalue weighted by molar-refractivity contribution is 7.99. The largest absolute Gasteiger partial charge is 0.351 e. The van der Waals surface area contributed by atoms with Crippen LogP contribution in [-0.4, -0.2) is 11.7 Å². The van der Waals surface area contributed by atoms with Crippen molar-refractivity contribution in [3.05, 3.63) is 71.0 Å². The van der Waals surface area contributed by atoms with Gasteiger partial charge in [0.2, 0.25) is 5.91 Å². The van der Waals surface area contributed by atoms with Gasteiger partial charge in [-0.1, -0.05) is 42.5 Å². The van der Waals surface area contributed by atoms with E-state index >= 15 is 0 Å². The van der Waals surface area contributed by atoms with Gasteiger partial charge in [-0.2, -0.15) is 0 Å². The Morgan fingerprint density at radius 2 is 1.76 bits per heavy atom. The number of thioether (sulfide) groups is 1. The topological polar surface area (TPSA) is 29.1 Å². The molecule has 0 spiro atoms. The molecular formula is C17H18FNOS. The van der Waals surface area contributed by atoms with Crippen molar-refractivity contribution in [3.63, 3.8) is 0 Å². The summed E-state index contributed by atoms with van der Waals surface area (Å²) in [6.45, 7) is 2.56. The molecule has 1 amide bonds. The summed E-state index contributed by atoms with van der Waals surface area (Å²) in [5.41, 5.74) is 2.91. The fourth-order valence-electron chi connectivity index (χ4n) is 1.92. The van der Waals surface area contributed by atoms with Crippen LogP contribution >= 0.6 is 11.8 Å². The molecule has 21 heavy (non-hydrogen) atoms. The average Bonchev–Trinajstić information content (AvgIpc) is 2.48. The minimum Gasteiger partial charge on any atom is -0.351 e. The summed E-state index contributed by atoms with van der Waals surface area (Å²) in [7, 11) is 0. The van der Waals surface area contributed by atoms with Crippen LogP contribution in [0.5, 0.6) is 0 Å². The van der Waals surface area contributed by atoms with E-state index in [4.69, 9.17) is 0 Å². The zero-order valence-corrected chi connectivity index (χ0v) is 12.8. The van der Waals surface area contributed by atoms with Crippen LogP contribution in [0.15, 0.2) is 48.5 Å². The molecule has 0 aliphatic carbocycles. The Balaban J connectivity index is 1.73. The summed E-state index contributed by atoms with van der Waals surface area (Å²) < 4.78 is 13.4. The van der Waals surface area contributed by atoms with Gasteiger partial charge in [0, 0.05) is 12.3 Å². The van der Waals surface area contributed by atoms with Gasteiger partial charge in [-0.3, -0.25) is 4.79 Å². The zero-order valence-electron chi connectivity index (χ0n) is 11.9. The summed E-state index contributed by atoms with van der Waals surface area (Å²) >= 11 is 1.42. The highest BCUT2D eigenvalue weighted by Crippen LogP contribution is 2.15. The van der Waals surface area contributed by atoms with E-state index in [-0.39, 0.29) is 11.7 Å². The predicted molar refractivity (Wildman–Crippen MR) is 85.6 cm³/mol. The summed E-state index contributed by atoms with van der Waals surface area (Å²) in [5, 5.41) is 2.89. The summed E-state index contributed by atoms with van der Waals surface area (Å²) in [6.07, 6.45) is 0. The molecule has 0 atom stereocenters. The van der Waals surface area contributed by atoms with Crippen LogP contribution in [0.25, 0.3) is 0 Å². The van der Waals surface area contributed by atoms with Gasteiger partial charge in [-0.05, 0) is 29.7 Å².